The van der Waals surface area contributed by atoms with Gasteiger partial charge in [0.2, 0.25) is 5.95 Å². The van der Waals surface area contributed by atoms with E-state index in [1.807, 2.05) is 55.1 Å². The summed E-state index contributed by atoms with van der Waals surface area (Å²) >= 11 is 6.51. The fourth-order valence-corrected chi connectivity index (χ4v) is 7.75. The highest BCUT2D eigenvalue weighted by Crippen LogP contribution is 2.42. The summed E-state index contributed by atoms with van der Waals surface area (Å²) in [7, 11) is -1.70. The summed E-state index contributed by atoms with van der Waals surface area (Å²) in [5.41, 5.74) is -1.23. The Morgan fingerprint density at radius 3 is 2.12 bits per heavy atom. The van der Waals surface area contributed by atoms with Gasteiger partial charge in [0.1, 0.15) is 22.6 Å². The fraction of sp³-hybridized carbons (Fsp3) is 0.433. The van der Waals surface area contributed by atoms with Crippen LogP contribution in [0, 0.1) is 5.41 Å². The molecular formula is C30H36ClN4O4Si. The molecule has 10 heteroatoms. The number of aromatic nitrogens is 2. The molecule has 2 atom stereocenters. The maximum atomic E-state index is 13.6. The third-order valence-electron chi connectivity index (χ3n) is 7.20. The Hall–Kier alpha value is -2.98. The molecule has 1 unspecified atom stereocenters. The largest absolute Gasteiger partial charge is 0.441 e. The lowest BCUT2D eigenvalue weighted by atomic mass is 9.79. The zero-order valence-electron chi connectivity index (χ0n) is 23.6. The molecule has 2 aliphatic rings. The molecule has 1 radical (unpaired) electrons. The standard InChI is InChI=1S/C30H36ClN4O4Si/c1-29(2,3)26(39-40(21-12-8-6-9-13-21)22-14-10-7-11-15-22)25-30(4,5)38-28(36)35(25)24-20-23(31)32-27(33-24)34-16-18-37-19-17-34/h6-15,20,25-26H,16-19H2,1-5H3/t25-,26?/m0/s1. The van der Waals surface area contributed by atoms with Crippen LogP contribution in [0.15, 0.2) is 66.7 Å². The van der Waals surface area contributed by atoms with Gasteiger partial charge in [0, 0.05) is 19.2 Å². The fourth-order valence-electron chi connectivity index (χ4n) is 5.24. The van der Waals surface area contributed by atoms with Gasteiger partial charge >= 0.3 is 6.09 Å². The van der Waals surface area contributed by atoms with Gasteiger partial charge in [0.25, 0.3) is 9.04 Å². The number of ether oxygens (including phenoxy) is 2. The minimum atomic E-state index is -1.70. The van der Waals surface area contributed by atoms with E-state index in [0.29, 0.717) is 38.1 Å². The molecule has 2 fully saturated rings. The molecule has 2 saturated heterocycles. The van der Waals surface area contributed by atoms with E-state index in [2.05, 4.69) is 50.0 Å². The minimum Gasteiger partial charge on any atom is -0.441 e. The average molecular weight is 580 g/mol. The molecule has 1 aromatic heterocycles. The molecule has 0 bridgehead atoms. The summed E-state index contributed by atoms with van der Waals surface area (Å²) < 4.78 is 18.7. The number of rotatable bonds is 7. The van der Waals surface area contributed by atoms with Crippen molar-refractivity contribution < 1.29 is 18.7 Å². The van der Waals surface area contributed by atoms with Gasteiger partial charge in [0.05, 0.1) is 19.3 Å². The molecule has 211 valence electrons. The lowest BCUT2D eigenvalue weighted by molar-refractivity contribution is -0.00543. The molecule has 0 N–H and O–H groups in total. The Bertz CT molecular complexity index is 1280. The summed E-state index contributed by atoms with van der Waals surface area (Å²) in [5, 5.41) is 2.51. The van der Waals surface area contributed by atoms with Crippen LogP contribution in [0.5, 0.6) is 0 Å². The second-order valence-corrected chi connectivity index (χ2v) is 14.1. The molecule has 2 aliphatic heterocycles. The topological polar surface area (TPSA) is 77.0 Å². The van der Waals surface area contributed by atoms with E-state index < -0.39 is 32.9 Å². The molecule has 0 spiro atoms. The number of benzene rings is 2. The molecule has 1 amide bonds. The maximum absolute atomic E-state index is 13.6. The number of anilines is 2. The van der Waals surface area contributed by atoms with Crippen LogP contribution in [0.1, 0.15) is 34.6 Å². The number of carbonyl (C=O) groups is 1. The normalized spacial score (nSPS) is 20.1. The second-order valence-electron chi connectivity index (χ2n) is 11.7. The highest BCUT2D eigenvalue weighted by atomic mass is 35.5. The molecule has 0 saturated carbocycles. The highest BCUT2D eigenvalue weighted by Gasteiger charge is 2.56. The van der Waals surface area contributed by atoms with Gasteiger partial charge in [-0.25, -0.2) is 9.78 Å². The Balaban J connectivity index is 1.58. The van der Waals surface area contributed by atoms with Gasteiger partial charge < -0.3 is 18.8 Å². The lowest BCUT2D eigenvalue weighted by Crippen LogP contribution is -2.60. The van der Waals surface area contributed by atoms with Crippen molar-refractivity contribution in [1.82, 2.24) is 9.97 Å². The van der Waals surface area contributed by atoms with Gasteiger partial charge in [-0.3, -0.25) is 4.90 Å². The van der Waals surface area contributed by atoms with Crippen molar-refractivity contribution in [3.8, 4) is 0 Å². The van der Waals surface area contributed by atoms with Crippen molar-refractivity contribution >= 4 is 48.9 Å². The predicted octanol–water partition coefficient (Wildman–Crippen LogP) is 4.31. The van der Waals surface area contributed by atoms with Gasteiger partial charge in [-0.1, -0.05) is 93.0 Å². The van der Waals surface area contributed by atoms with Crippen LogP contribution in [-0.4, -0.2) is 69.2 Å². The number of carbonyl (C=O) groups excluding carboxylic acids is 1. The summed E-state index contributed by atoms with van der Waals surface area (Å²) in [5.74, 6) is 0.863. The first kappa shape index (κ1) is 28.5. The number of cyclic esters (lactones) is 1. The number of halogens is 1. The van der Waals surface area contributed by atoms with E-state index in [9.17, 15) is 4.79 Å². The summed E-state index contributed by atoms with van der Waals surface area (Å²) in [6.45, 7) is 12.7. The Labute approximate surface area is 243 Å². The molecular weight excluding hydrogens is 544 g/mol. The Morgan fingerprint density at radius 2 is 1.57 bits per heavy atom. The first-order valence-electron chi connectivity index (χ1n) is 13.6. The van der Waals surface area contributed by atoms with Crippen molar-refractivity contribution in [3.05, 3.63) is 71.9 Å². The highest BCUT2D eigenvalue weighted by molar-refractivity contribution is 6.80. The smallest absolute Gasteiger partial charge is 0.416 e. The lowest BCUT2D eigenvalue weighted by Gasteiger charge is -2.43. The molecule has 3 heterocycles. The summed E-state index contributed by atoms with van der Waals surface area (Å²) in [6, 6.07) is 21.7. The van der Waals surface area contributed by atoms with Gasteiger partial charge in [-0.2, -0.15) is 4.98 Å². The van der Waals surface area contributed by atoms with Gasteiger partial charge in [-0.05, 0) is 29.6 Å². The first-order valence-corrected chi connectivity index (χ1v) is 15.4. The van der Waals surface area contributed by atoms with Crippen molar-refractivity contribution in [2.45, 2.75) is 52.4 Å². The van der Waals surface area contributed by atoms with Crippen LogP contribution in [0.4, 0.5) is 16.6 Å². The van der Waals surface area contributed by atoms with Crippen LogP contribution < -0.4 is 20.2 Å². The summed E-state index contributed by atoms with van der Waals surface area (Å²) in [6.07, 6.45) is -0.896. The van der Waals surface area contributed by atoms with Crippen LogP contribution >= 0.6 is 11.6 Å². The molecule has 8 nitrogen and oxygen atoms in total. The van der Waals surface area contributed by atoms with Crippen molar-refractivity contribution in [2.24, 2.45) is 5.41 Å². The van der Waals surface area contributed by atoms with Gasteiger partial charge in [-0.15, -0.1) is 0 Å². The van der Waals surface area contributed by atoms with E-state index >= 15 is 0 Å². The van der Waals surface area contributed by atoms with Crippen LogP contribution in [0.25, 0.3) is 0 Å². The van der Waals surface area contributed by atoms with Crippen molar-refractivity contribution in [1.29, 1.82) is 0 Å². The number of nitrogens with zero attached hydrogens (tertiary/aromatic N) is 4. The van der Waals surface area contributed by atoms with Crippen LogP contribution in [-0.2, 0) is 13.9 Å². The molecule has 3 aromatic rings. The predicted molar refractivity (Wildman–Crippen MR) is 159 cm³/mol. The van der Waals surface area contributed by atoms with E-state index in [4.69, 9.17) is 30.5 Å². The molecule has 2 aromatic carbocycles. The SMILES string of the molecule is CC(C)(C)C(O[Si](c1ccccc1)c1ccccc1)[C@@H]1N(c2cc(Cl)nc(N3CCOCC3)n2)C(=O)OC1(C)C. The zero-order valence-corrected chi connectivity index (χ0v) is 25.4. The second kappa shape index (κ2) is 11.5. The first-order chi connectivity index (χ1) is 19.0. The number of amides is 1. The Kier molecular flexibility index (Phi) is 8.19. The third-order valence-corrected chi connectivity index (χ3v) is 9.60. The number of morpholine rings is 1. The molecule has 5 rings (SSSR count). The van der Waals surface area contributed by atoms with Gasteiger partial charge in [0.15, 0.2) is 0 Å². The molecule has 40 heavy (non-hydrogen) atoms. The average Bonchev–Trinajstić information content (AvgIpc) is 3.17. The van der Waals surface area contributed by atoms with Crippen molar-refractivity contribution in [3.63, 3.8) is 0 Å². The quantitative estimate of drug-likeness (QED) is 0.305. The zero-order chi connectivity index (χ0) is 28.5. The van der Waals surface area contributed by atoms with E-state index in [1.165, 1.54) is 0 Å². The van der Waals surface area contributed by atoms with Crippen LogP contribution in [0.2, 0.25) is 5.15 Å². The van der Waals surface area contributed by atoms with Crippen LogP contribution in [0.3, 0.4) is 0 Å². The summed E-state index contributed by atoms with van der Waals surface area (Å²) in [4.78, 5) is 26.5. The Morgan fingerprint density at radius 1 is 1.00 bits per heavy atom. The monoisotopic (exact) mass is 579 g/mol. The van der Waals surface area contributed by atoms with E-state index in [1.54, 1.807) is 11.0 Å². The minimum absolute atomic E-state index is 0.259. The number of hydrogen-bond acceptors (Lipinski definition) is 7. The maximum Gasteiger partial charge on any atom is 0.416 e. The third kappa shape index (κ3) is 6.02. The van der Waals surface area contributed by atoms with E-state index in [-0.39, 0.29) is 10.6 Å². The van der Waals surface area contributed by atoms with Crippen molar-refractivity contribution in [2.75, 3.05) is 36.1 Å². The van der Waals surface area contributed by atoms with E-state index in [0.717, 1.165) is 10.4 Å². The number of hydrogen-bond donors (Lipinski definition) is 0. The molecule has 0 aliphatic carbocycles.